The molecule has 3 heteroatoms. The van der Waals surface area contributed by atoms with Gasteiger partial charge in [-0.2, -0.15) is 0 Å². The van der Waals surface area contributed by atoms with Crippen LogP contribution in [0.3, 0.4) is 0 Å². The third kappa shape index (κ3) is 3.37. The van der Waals surface area contributed by atoms with Gasteiger partial charge in [0.15, 0.2) is 0 Å². The molecule has 0 fully saturated rings. The van der Waals surface area contributed by atoms with Crippen LogP contribution < -0.4 is 10.5 Å². The molecule has 0 atom stereocenters. The highest BCUT2D eigenvalue weighted by atomic mass is 79.9. The van der Waals surface area contributed by atoms with Crippen LogP contribution in [0.2, 0.25) is 0 Å². The van der Waals surface area contributed by atoms with E-state index < -0.39 is 0 Å². The molecule has 100 valence electrons. The summed E-state index contributed by atoms with van der Waals surface area (Å²) in [6.07, 6.45) is 0. The lowest BCUT2D eigenvalue weighted by molar-refractivity contribution is 0.303. The summed E-state index contributed by atoms with van der Waals surface area (Å²) in [5.41, 5.74) is 10.3. The Morgan fingerprint density at radius 2 is 1.95 bits per heavy atom. The smallest absolute Gasteiger partial charge is 0.122 e. The molecule has 0 aliphatic carbocycles. The van der Waals surface area contributed by atoms with Crippen LogP contribution in [0.25, 0.3) is 0 Å². The van der Waals surface area contributed by atoms with Crippen LogP contribution in [0.5, 0.6) is 5.75 Å². The van der Waals surface area contributed by atoms with Gasteiger partial charge < -0.3 is 10.5 Å². The molecule has 0 unspecified atom stereocenters. The van der Waals surface area contributed by atoms with E-state index in [4.69, 9.17) is 10.5 Å². The van der Waals surface area contributed by atoms with Crippen molar-refractivity contribution >= 4 is 15.9 Å². The van der Waals surface area contributed by atoms with Gasteiger partial charge in [-0.1, -0.05) is 40.2 Å². The van der Waals surface area contributed by atoms with E-state index in [1.807, 2.05) is 24.3 Å². The van der Waals surface area contributed by atoms with E-state index >= 15 is 0 Å². The summed E-state index contributed by atoms with van der Waals surface area (Å²) in [4.78, 5) is 0. The maximum Gasteiger partial charge on any atom is 0.122 e. The Bertz CT molecular complexity index is 581. The number of hydrogen-bond acceptors (Lipinski definition) is 2. The molecule has 19 heavy (non-hydrogen) atoms. The maximum atomic E-state index is 5.90. The van der Waals surface area contributed by atoms with E-state index in [0.29, 0.717) is 13.2 Å². The van der Waals surface area contributed by atoms with Crippen LogP contribution in [-0.4, -0.2) is 0 Å². The van der Waals surface area contributed by atoms with Crippen molar-refractivity contribution < 1.29 is 4.74 Å². The fraction of sp³-hybridized carbons (Fsp3) is 0.250. The van der Waals surface area contributed by atoms with Crippen LogP contribution in [-0.2, 0) is 13.2 Å². The van der Waals surface area contributed by atoms with E-state index in [1.165, 1.54) is 11.1 Å². The number of halogens is 1. The van der Waals surface area contributed by atoms with Gasteiger partial charge in [0, 0.05) is 16.6 Å². The zero-order chi connectivity index (χ0) is 13.8. The molecule has 0 radical (unpaired) electrons. The molecule has 0 heterocycles. The molecular formula is C16H18BrNO. The summed E-state index contributed by atoms with van der Waals surface area (Å²) in [5.74, 6) is 0.940. The SMILES string of the molecule is Cc1cccc(OCc2ccc(CN)cc2Br)c1C. The van der Waals surface area contributed by atoms with Crippen molar-refractivity contribution in [2.45, 2.75) is 27.0 Å². The highest BCUT2D eigenvalue weighted by molar-refractivity contribution is 9.10. The lowest BCUT2D eigenvalue weighted by atomic mass is 10.1. The molecule has 2 N–H and O–H groups in total. The Morgan fingerprint density at radius 1 is 1.16 bits per heavy atom. The monoisotopic (exact) mass is 319 g/mol. The number of ether oxygens (including phenoxy) is 1. The van der Waals surface area contributed by atoms with Gasteiger partial charge in [-0.15, -0.1) is 0 Å². The lowest BCUT2D eigenvalue weighted by Crippen LogP contribution is -2.01. The van der Waals surface area contributed by atoms with E-state index in [9.17, 15) is 0 Å². The first-order valence-electron chi connectivity index (χ1n) is 6.28. The molecule has 0 aliphatic rings. The predicted molar refractivity (Wildman–Crippen MR) is 82.3 cm³/mol. The first kappa shape index (κ1) is 14.1. The summed E-state index contributed by atoms with van der Waals surface area (Å²) in [5, 5.41) is 0. The molecule has 0 saturated carbocycles. The third-order valence-corrected chi connectivity index (χ3v) is 4.03. The van der Waals surface area contributed by atoms with Crippen molar-refractivity contribution in [2.75, 3.05) is 0 Å². The summed E-state index contributed by atoms with van der Waals surface area (Å²) in [6, 6.07) is 12.2. The minimum absolute atomic E-state index is 0.551. The second-order valence-electron chi connectivity index (χ2n) is 4.62. The van der Waals surface area contributed by atoms with E-state index in [1.54, 1.807) is 0 Å². The minimum Gasteiger partial charge on any atom is -0.489 e. The van der Waals surface area contributed by atoms with Crippen molar-refractivity contribution in [1.29, 1.82) is 0 Å². The molecular weight excluding hydrogens is 302 g/mol. The standard InChI is InChI=1S/C16H18BrNO/c1-11-4-3-5-16(12(11)2)19-10-14-7-6-13(9-18)8-15(14)17/h3-8H,9-10,18H2,1-2H3. The summed E-state index contributed by atoms with van der Waals surface area (Å²) >= 11 is 3.56. The van der Waals surface area contributed by atoms with E-state index in [0.717, 1.165) is 21.3 Å². The van der Waals surface area contributed by atoms with Crippen molar-refractivity contribution in [3.8, 4) is 5.75 Å². The van der Waals surface area contributed by atoms with Crippen LogP contribution in [0, 0.1) is 13.8 Å². The zero-order valence-corrected chi connectivity index (χ0v) is 12.8. The Morgan fingerprint density at radius 3 is 2.63 bits per heavy atom. The number of nitrogens with two attached hydrogens (primary N) is 1. The first-order valence-corrected chi connectivity index (χ1v) is 7.07. The molecule has 0 bridgehead atoms. The van der Waals surface area contributed by atoms with E-state index in [-0.39, 0.29) is 0 Å². The fourth-order valence-electron chi connectivity index (χ4n) is 1.87. The van der Waals surface area contributed by atoms with Gasteiger partial charge >= 0.3 is 0 Å². The van der Waals surface area contributed by atoms with Crippen molar-refractivity contribution in [3.63, 3.8) is 0 Å². The molecule has 2 nitrogen and oxygen atoms in total. The minimum atomic E-state index is 0.551. The molecule has 2 aromatic carbocycles. The van der Waals surface area contributed by atoms with Crippen molar-refractivity contribution in [1.82, 2.24) is 0 Å². The fourth-order valence-corrected chi connectivity index (χ4v) is 2.41. The van der Waals surface area contributed by atoms with Gasteiger partial charge in [-0.25, -0.2) is 0 Å². The molecule has 0 saturated heterocycles. The van der Waals surface area contributed by atoms with Crippen molar-refractivity contribution in [3.05, 3.63) is 63.1 Å². The third-order valence-electron chi connectivity index (χ3n) is 3.29. The number of hydrogen-bond donors (Lipinski definition) is 1. The van der Waals surface area contributed by atoms with Crippen LogP contribution in [0.15, 0.2) is 40.9 Å². The van der Waals surface area contributed by atoms with Crippen LogP contribution in [0.1, 0.15) is 22.3 Å². The Kier molecular flexibility index (Phi) is 4.61. The highest BCUT2D eigenvalue weighted by Gasteiger charge is 2.05. The largest absolute Gasteiger partial charge is 0.489 e. The average Bonchev–Trinajstić information content (AvgIpc) is 2.41. The molecule has 2 rings (SSSR count). The Labute approximate surface area is 122 Å². The Balaban J connectivity index is 2.12. The van der Waals surface area contributed by atoms with Gasteiger partial charge in [0.25, 0.3) is 0 Å². The normalized spacial score (nSPS) is 10.5. The predicted octanol–water partition coefficient (Wildman–Crippen LogP) is 4.10. The van der Waals surface area contributed by atoms with Gasteiger partial charge in [0.05, 0.1) is 0 Å². The maximum absolute atomic E-state index is 5.90. The Hall–Kier alpha value is -1.32. The quantitative estimate of drug-likeness (QED) is 0.920. The van der Waals surface area contributed by atoms with Crippen LogP contribution >= 0.6 is 15.9 Å². The summed E-state index contributed by atoms with van der Waals surface area (Å²) < 4.78 is 6.94. The molecule has 0 amide bonds. The second kappa shape index (κ2) is 6.22. The second-order valence-corrected chi connectivity index (χ2v) is 5.47. The topological polar surface area (TPSA) is 35.2 Å². The number of benzene rings is 2. The van der Waals surface area contributed by atoms with E-state index in [2.05, 4.69) is 41.9 Å². The van der Waals surface area contributed by atoms with Gasteiger partial charge in [-0.3, -0.25) is 0 Å². The average molecular weight is 320 g/mol. The summed E-state index contributed by atoms with van der Waals surface area (Å²) in [7, 11) is 0. The molecule has 2 aromatic rings. The first-order chi connectivity index (χ1) is 9.11. The lowest BCUT2D eigenvalue weighted by Gasteiger charge is -2.12. The van der Waals surface area contributed by atoms with Crippen LogP contribution in [0.4, 0.5) is 0 Å². The molecule has 0 aromatic heterocycles. The van der Waals surface area contributed by atoms with Crippen molar-refractivity contribution in [2.24, 2.45) is 5.73 Å². The van der Waals surface area contributed by atoms with Gasteiger partial charge in [0.2, 0.25) is 0 Å². The number of rotatable bonds is 4. The summed E-state index contributed by atoms with van der Waals surface area (Å²) in [6.45, 7) is 5.28. The molecule has 0 spiro atoms. The number of aryl methyl sites for hydroxylation is 1. The highest BCUT2D eigenvalue weighted by Crippen LogP contribution is 2.24. The van der Waals surface area contributed by atoms with Gasteiger partial charge in [0.1, 0.15) is 12.4 Å². The molecule has 0 aliphatic heterocycles. The van der Waals surface area contributed by atoms with Gasteiger partial charge in [-0.05, 0) is 42.7 Å². The zero-order valence-electron chi connectivity index (χ0n) is 11.2.